The van der Waals surface area contributed by atoms with Crippen molar-refractivity contribution in [3.63, 3.8) is 0 Å². The average molecular weight is 270 g/mol. The Balaban J connectivity index is 2.44. The van der Waals surface area contributed by atoms with E-state index in [-0.39, 0.29) is 11.6 Å². The van der Waals surface area contributed by atoms with E-state index in [4.69, 9.17) is 0 Å². The maximum atomic E-state index is 12.6. The molecule has 0 aromatic heterocycles. The van der Waals surface area contributed by atoms with Gasteiger partial charge in [-0.05, 0) is 25.7 Å². The minimum absolute atomic E-state index is 0.0692. The molecule has 0 N–H and O–H groups in total. The Hall–Kier alpha value is -1.70. The number of benzene rings is 1. The molecule has 1 aromatic rings. The molecule has 20 heavy (non-hydrogen) atoms. The molecule has 106 valence electrons. The van der Waals surface area contributed by atoms with Gasteiger partial charge in [0.1, 0.15) is 0 Å². The van der Waals surface area contributed by atoms with Crippen molar-refractivity contribution < 1.29 is 9.59 Å². The molecular weight excluding hydrogens is 248 g/mol. The fourth-order valence-electron chi connectivity index (χ4n) is 2.71. The second-order valence-corrected chi connectivity index (χ2v) is 5.37. The fourth-order valence-corrected chi connectivity index (χ4v) is 2.71. The fraction of sp³-hybridized carbons (Fsp3) is 0.444. The average Bonchev–Trinajstić information content (AvgIpc) is 2.48. The maximum Gasteiger partial charge on any atom is 0.190 e. The highest BCUT2D eigenvalue weighted by Gasteiger charge is 2.30. The van der Waals surface area contributed by atoms with Crippen LogP contribution in [0.15, 0.2) is 35.4 Å². The predicted octanol–water partition coefficient (Wildman–Crippen LogP) is 4.74. The molecule has 0 saturated carbocycles. The molecule has 1 aliphatic carbocycles. The van der Waals surface area contributed by atoms with E-state index < -0.39 is 0 Å². The van der Waals surface area contributed by atoms with Crippen molar-refractivity contribution >= 4 is 11.6 Å². The van der Waals surface area contributed by atoms with E-state index in [2.05, 4.69) is 13.8 Å². The number of hydrogen-bond donors (Lipinski definition) is 0. The van der Waals surface area contributed by atoms with Crippen molar-refractivity contribution in [1.29, 1.82) is 0 Å². The Labute approximate surface area is 120 Å². The van der Waals surface area contributed by atoms with Crippen LogP contribution < -0.4 is 0 Å². The number of carbonyl (C=O) groups is 2. The van der Waals surface area contributed by atoms with Crippen molar-refractivity contribution in [2.24, 2.45) is 0 Å². The number of fused-ring (bicyclic) bond motifs is 1. The lowest BCUT2D eigenvalue weighted by molar-refractivity contribution is 0.0968. The molecule has 0 saturated heterocycles. The summed E-state index contributed by atoms with van der Waals surface area (Å²) in [6.45, 7) is 4.21. The third-order valence-electron chi connectivity index (χ3n) is 3.89. The summed E-state index contributed by atoms with van der Waals surface area (Å²) in [7, 11) is 0. The number of carbonyl (C=O) groups excluding carboxylic acids is 2. The number of unbranched alkanes of at least 4 members (excludes halogenated alkanes) is 2. The highest BCUT2D eigenvalue weighted by molar-refractivity contribution is 6.26. The Morgan fingerprint density at radius 1 is 0.750 bits per heavy atom. The van der Waals surface area contributed by atoms with Crippen LogP contribution in [0.2, 0.25) is 0 Å². The third kappa shape index (κ3) is 2.74. The molecule has 0 bridgehead atoms. The number of ketones is 2. The summed E-state index contributed by atoms with van der Waals surface area (Å²) < 4.78 is 0. The molecule has 0 aliphatic heterocycles. The highest BCUT2D eigenvalue weighted by atomic mass is 16.1. The van der Waals surface area contributed by atoms with Gasteiger partial charge in [0.2, 0.25) is 0 Å². The Morgan fingerprint density at radius 3 is 1.50 bits per heavy atom. The molecule has 1 aromatic carbocycles. The summed E-state index contributed by atoms with van der Waals surface area (Å²) in [4.78, 5) is 25.3. The monoisotopic (exact) mass is 270 g/mol. The summed E-state index contributed by atoms with van der Waals surface area (Å²) >= 11 is 0. The van der Waals surface area contributed by atoms with Crippen LogP contribution in [0.25, 0.3) is 0 Å². The summed E-state index contributed by atoms with van der Waals surface area (Å²) in [5.74, 6) is 0.138. The molecule has 0 radical (unpaired) electrons. The van der Waals surface area contributed by atoms with Crippen LogP contribution in [0, 0.1) is 0 Å². The quantitative estimate of drug-likeness (QED) is 0.748. The van der Waals surface area contributed by atoms with Crippen LogP contribution in [0.5, 0.6) is 0 Å². The van der Waals surface area contributed by atoms with Gasteiger partial charge in [-0.15, -0.1) is 0 Å². The van der Waals surface area contributed by atoms with E-state index >= 15 is 0 Å². The predicted molar refractivity (Wildman–Crippen MR) is 81.2 cm³/mol. The van der Waals surface area contributed by atoms with Crippen LogP contribution >= 0.6 is 0 Å². The van der Waals surface area contributed by atoms with Crippen molar-refractivity contribution in [3.05, 3.63) is 46.5 Å². The van der Waals surface area contributed by atoms with E-state index in [1.807, 2.05) is 12.1 Å². The first kappa shape index (κ1) is 14.7. The first-order valence-corrected chi connectivity index (χ1v) is 7.61. The molecule has 2 nitrogen and oxygen atoms in total. The lowest BCUT2D eigenvalue weighted by Crippen LogP contribution is -2.22. The van der Waals surface area contributed by atoms with E-state index in [1.165, 1.54) is 0 Å². The van der Waals surface area contributed by atoms with Crippen molar-refractivity contribution in [2.75, 3.05) is 0 Å². The van der Waals surface area contributed by atoms with Gasteiger partial charge in [-0.25, -0.2) is 0 Å². The van der Waals surface area contributed by atoms with E-state index in [1.54, 1.807) is 12.1 Å². The molecule has 0 fully saturated rings. The zero-order valence-corrected chi connectivity index (χ0v) is 12.4. The third-order valence-corrected chi connectivity index (χ3v) is 3.89. The topological polar surface area (TPSA) is 34.1 Å². The highest BCUT2D eigenvalue weighted by Crippen LogP contribution is 2.31. The Morgan fingerprint density at radius 2 is 1.15 bits per heavy atom. The van der Waals surface area contributed by atoms with Crippen molar-refractivity contribution in [3.8, 4) is 0 Å². The Kier molecular flexibility index (Phi) is 4.89. The van der Waals surface area contributed by atoms with E-state index in [9.17, 15) is 9.59 Å². The molecule has 0 atom stereocenters. The standard InChI is InChI=1S/C18H22O2/c1-3-5-9-13-14(10-6-4-2)18(20)16-12-8-7-11-15(16)17(13)19/h7-8,11-12H,3-6,9-10H2,1-2H3. The van der Waals surface area contributed by atoms with Crippen molar-refractivity contribution in [1.82, 2.24) is 0 Å². The van der Waals surface area contributed by atoms with Gasteiger partial charge < -0.3 is 0 Å². The minimum atomic E-state index is 0.0692. The number of Topliss-reactive ketones (excluding diaryl/α,β-unsaturated/α-hetero) is 2. The summed E-state index contributed by atoms with van der Waals surface area (Å²) in [6.07, 6.45) is 5.46. The van der Waals surface area contributed by atoms with E-state index in [0.717, 1.165) is 49.7 Å². The normalized spacial score (nSPS) is 14.7. The molecule has 0 heterocycles. The van der Waals surface area contributed by atoms with Crippen LogP contribution in [0.3, 0.4) is 0 Å². The second-order valence-electron chi connectivity index (χ2n) is 5.37. The molecule has 0 unspecified atom stereocenters. The van der Waals surface area contributed by atoms with Crippen LogP contribution in [-0.4, -0.2) is 11.6 Å². The molecule has 1 aliphatic rings. The number of allylic oxidation sites excluding steroid dienone is 2. The van der Waals surface area contributed by atoms with Gasteiger partial charge in [-0.1, -0.05) is 51.0 Å². The van der Waals surface area contributed by atoms with Gasteiger partial charge in [0.15, 0.2) is 11.6 Å². The smallest absolute Gasteiger partial charge is 0.190 e. The minimum Gasteiger partial charge on any atom is -0.289 e. The first-order chi connectivity index (χ1) is 9.70. The largest absolute Gasteiger partial charge is 0.289 e. The lowest BCUT2D eigenvalue weighted by Gasteiger charge is -2.21. The van der Waals surface area contributed by atoms with Gasteiger partial charge in [0.25, 0.3) is 0 Å². The van der Waals surface area contributed by atoms with Crippen LogP contribution in [0.1, 0.15) is 73.1 Å². The molecule has 0 amide bonds. The maximum absolute atomic E-state index is 12.6. The van der Waals surface area contributed by atoms with E-state index in [0.29, 0.717) is 11.1 Å². The van der Waals surface area contributed by atoms with Crippen LogP contribution in [0.4, 0.5) is 0 Å². The molecule has 2 rings (SSSR count). The zero-order valence-electron chi connectivity index (χ0n) is 12.4. The molecule has 0 spiro atoms. The molecule has 2 heteroatoms. The van der Waals surface area contributed by atoms with Gasteiger partial charge in [-0.3, -0.25) is 9.59 Å². The van der Waals surface area contributed by atoms with Crippen LogP contribution in [-0.2, 0) is 0 Å². The summed E-state index contributed by atoms with van der Waals surface area (Å²) in [5.41, 5.74) is 2.71. The van der Waals surface area contributed by atoms with Gasteiger partial charge in [0, 0.05) is 22.3 Å². The summed E-state index contributed by atoms with van der Waals surface area (Å²) in [6, 6.07) is 7.22. The number of rotatable bonds is 6. The lowest BCUT2D eigenvalue weighted by atomic mass is 9.80. The first-order valence-electron chi connectivity index (χ1n) is 7.61. The van der Waals surface area contributed by atoms with Gasteiger partial charge in [0.05, 0.1) is 0 Å². The summed E-state index contributed by atoms with van der Waals surface area (Å²) in [5, 5.41) is 0. The zero-order chi connectivity index (χ0) is 14.5. The Bertz CT molecular complexity index is 503. The van der Waals surface area contributed by atoms with Gasteiger partial charge in [-0.2, -0.15) is 0 Å². The molecular formula is C18H22O2. The number of hydrogen-bond acceptors (Lipinski definition) is 2. The van der Waals surface area contributed by atoms with Crippen molar-refractivity contribution in [2.45, 2.75) is 52.4 Å². The SMILES string of the molecule is CCCCC1=C(CCCC)C(=O)c2ccccc2C1=O. The van der Waals surface area contributed by atoms with Gasteiger partial charge >= 0.3 is 0 Å². The second kappa shape index (κ2) is 6.65.